The molecule has 0 N–H and O–H groups in total. The topological polar surface area (TPSA) is 48.0 Å². The van der Waals surface area contributed by atoms with E-state index in [9.17, 15) is 4.79 Å². The maximum Gasteiger partial charge on any atom is 0.314 e. The summed E-state index contributed by atoms with van der Waals surface area (Å²) in [5, 5.41) is 0. The highest BCUT2D eigenvalue weighted by Crippen LogP contribution is 2.44. The van der Waals surface area contributed by atoms with E-state index in [1.165, 1.54) is 37.7 Å². The van der Waals surface area contributed by atoms with E-state index < -0.39 is 0 Å². The Labute approximate surface area is 185 Å². The third kappa shape index (κ3) is 4.57. The molecule has 1 saturated carbocycles. The van der Waals surface area contributed by atoms with Gasteiger partial charge >= 0.3 is 5.97 Å². The van der Waals surface area contributed by atoms with E-state index in [-0.39, 0.29) is 17.4 Å². The van der Waals surface area contributed by atoms with Crippen LogP contribution in [0.15, 0.2) is 48.5 Å². The Kier molecular flexibility index (Phi) is 6.81. The van der Waals surface area contributed by atoms with Crippen LogP contribution in [0.3, 0.4) is 0 Å². The molecule has 0 atom stereocenters. The van der Waals surface area contributed by atoms with Crippen LogP contribution in [0.4, 0.5) is 0 Å². The summed E-state index contributed by atoms with van der Waals surface area (Å²) >= 11 is 0. The number of rotatable bonds is 6. The van der Waals surface area contributed by atoms with Crippen molar-refractivity contribution in [3.63, 3.8) is 0 Å². The number of ether oxygens (including phenoxy) is 3. The number of carbonyl (C=O) groups is 1. The fourth-order valence-corrected chi connectivity index (χ4v) is 5.30. The van der Waals surface area contributed by atoms with E-state index in [0.29, 0.717) is 17.2 Å². The van der Waals surface area contributed by atoms with Crippen molar-refractivity contribution in [2.75, 3.05) is 27.3 Å². The zero-order valence-corrected chi connectivity index (χ0v) is 18.6. The molecule has 1 aliphatic heterocycles. The first-order chi connectivity index (χ1) is 15.2. The monoisotopic (exact) mass is 423 g/mol. The summed E-state index contributed by atoms with van der Waals surface area (Å²) < 4.78 is 16.3. The minimum Gasteiger partial charge on any atom is -0.493 e. The second kappa shape index (κ2) is 9.73. The fourth-order valence-electron chi connectivity index (χ4n) is 5.30. The Bertz CT molecular complexity index is 868. The number of methoxy groups -OCH3 is 2. The highest BCUT2D eigenvalue weighted by atomic mass is 16.5. The number of likely N-dealkylation sites (tertiary alicyclic amines) is 1. The molecule has 0 unspecified atom stereocenters. The van der Waals surface area contributed by atoms with Gasteiger partial charge in [-0.15, -0.1) is 0 Å². The van der Waals surface area contributed by atoms with Crippen LogP contribution >= 0.6 is 0 Å². The maximum absolute atomic E-state index is 12.8. The smallest absolute Gasteiger partial charge is 0.314 e. The van der Waals surface area contributed by atoms with Crippen molar-refractivity contribution in [2.24, 2.45) is 5.92 Å². The highest BCUT2D eigenvalue weighted by Gasteiger charge is 2.41. The molecule has 1 heterocycles. The predicted molar refractivity (Wildman–Crippen MR) is 121 cm³/mol. The molecule has 4 rings (SSSR count). The van der Waals surface area contributed by atoms with Crippen molar-refractivity contribution in [1.29, 1.82) is 0 Å². The zero-order chi connectivity index (χ0) is 21.7. The molecule has 2 aromatic carbocycles. The lowest BCUT2D eigenvalue weighted by molar-refractivity contribution is -0.141. The SMILES string of the molecule is COc1ccc(OC(=O)C2CCN(C3(c4ccccc4)CCCCC3)CC2)cc1OC. The largest absolute Gasteiger partial charge is 0.493 e. The molecule has 2 aromatic rings. The number of carbonyl (C=O) groups excluding carboxylic acids is 1. The fraction of sp³-hybridized carbons (Fsp3) is 0.500. The molecule has 2 fully saturated rings. The van der Waals surface area contributed by atoms with Crippen molar-refractivity contribution in [2.45, 2.75) is 50.5 Å². The van der Waals surface area contributed by atoms with Gasteiger partial charge in [-0.25, -0.2) is 0 Å². The molecule has 0 amide bonds. The van der Waals surface area contributed by atoms with Crippen molar-refractivity contribution in [3.05, 3.63) is 54.1 Å². The lowest BCUT2D eigenvalue weighted by Gasteiger charge is -2.49. The average Bonchev–Trinajstić information content (AvgIpc) is 2.85. The first-order valence-electron chi connectivity index (χ1n) is 11.4. The number of nitrogens with zero attached hydrogens (tertiary/aromatic N) is 1. The summed E-state index contributed by atoms with van der Waals surface area (Å²) in [6.07, 6.45) is 7.95. The number of hydrogen-bond donors (Lipinski definition) is 0. The third-order valence-electron chi connectivity index (χ3n) is 7.00. The van der Waals surface area contributed by atoms with Gasteiger partial charge in [0.25, 0.3) is 0 Å². The molecule has 1 saturated heterocycles. The first kappa shape index (κ1) is 21.7. The van der Waals surface area contributed by atoms with Crippen molar-refractivity contribution >= 4 is 5.97 Å². The average molecular weight is 424 g/mol. The van der Waals surface area contributed by atoms with Crippen molar-refractivity contribution < 1.29 is 19.0 Å². The summed E-state index contributed by atoms with van der Waals surface area (Å²) in [6.45, 7) is 1.86. The third-order valence-corrected chi connectivity index (χ3v) is 7.00. The minimum atomic E-state index is -0.149. The molecule has 0 aromatic heterocycles. The molecular weight excluding hydrogens is 390 g/mol. The van der Waals surface area contributed by atoms with E-state index in [1.54, 1.807) is 32.4 Å². The van der Waals surface area contributed by atoms with Crippen LogP contribution in [0.2, 0.25) is 0 Å². The van der Waals surface area contributed by atoms with Crippen molar-refractivity contribution in [3.8, 4) is 17.2 Å². The van der Waals surface area contributed by atoms with Gasteiger partial charge in [-0.3, -0.25) is 9.69 Å². The van der Waals surface area contributed by atoms with Crippen LogP contribution in [0.5, 0.6) is 17.2 Å². The van der Waals surface area contributed by atoms with E-state index in [4.69, 9.17) is 14.2 Å². The lowest BCUT2D eigenvalue weighted by atomic mass is 9.74. The molecule has 2 aliphatic rings. The van der Waals surface area contributed by atoms with Crippen LogP contribution in [0.1, 0.15) is 50.5 Å². The van der Waals surface area contributed by atoms with E-state index >= 15 is 0 Å². The molecule has 5 nitrogen and oxygen atoms in total. The highest BCUT2D eigenvalue weighted by molar-refractivity contribution is 5.75. The predicted octanol–water partition coefficient (Wildman–Crippen LogP) is 5.18. The molecular formula is C26H33NO4. The lowest BCUT2D eigenvalue weighted by Crippen LogP contribution is -2.51. The van der Waals surface area contributed by atoms with Gasteiger partial charge in [0.2, 0.25) is 0 Å². The number of benzene rings is 2. The summed E-state index contributed by atoms with van der Waals surface area (Å²) in [4.78, 5) is 15.5. The van der Waals surface area contributed by atoms with Gasteiger partial charge in [0.1, 0.15) is 5.75 Å². The Balaban J connectivity index is 1.41. The van der Waals surface area contributed by atoms with Crippen LogP contribution in [0.25, 0.3) is 0 Å². The molecule has 0 radical (unpaired) electrons. The van der Waals surface area contributed by atoms with Crippen molar-refractivity contribution in [1.82, 2.24) is 4.90 Å². The number of hydrogen-bond acceptors (Lipinski definition) is 5. The zero-order valence-electron chi connectivity index (χ0n) is 18.6. The second-order valence-corrected chi connectivity index (χ2v) is 8.66. The molecule has 31 heavy (non-hydrogen) atoms. The molecule has 1 aliphatic carbocycles. The first-order valence-corrected chi connectivity index (χ1v) is 11.4. The molecule has 166 valence electrons. The Morgan fingerprint density at radius 2 is 1.58 bits per heavy atom. The van der Waals surface area contributed by atoms with Crippen LogP contribution in [-0.4, -0.2) is 38.2 Å². The molecule has 0 bridgehead atoms. The second-order valence-electron chi connectivity index (χ2n) is 8.66. The van der Waals surface area contributed by atoms with E-state index in [2.05, 4.69) is 35.2 Å². The number of esters is 1. The van der Waals surface area contributed by atoms with Gasteiger partial charge in [0.15, 0.2) is 11.5 Å². The van der Waals surface area contributed by atoms with E-state index in [1.807, 2.05) is 0 Å². The van der Waals surface area contributed by atoms with E-state index in [0.717, 1.165) is 25.9 Å². The maximum atomic E-state index is 12.8. The summed E-state index contributed by atoms with van der Waals surface area (Å²) in [6, 6.07) is 16.2. The molecule has 5 heteroatoms. The quantitative estimate of drug-likeness (QED) is 0.473. The minimum absolute atomic E-state index is 0.0687. The summed E-state index contributed by atoms with van der Waals surface area (Å²) in [7, 11) is 3.17. The normalized spacial score (nSPS) is 19.5. The standard InChI is InChI=1S/C26H33NO4/c1-29-23-12-11-22(19-24(23)30-2)31-25(28)20-13-17-27(18-14-20)26(15-7-4-8-16-26)21-9-5-3-6-10-21/h3,5-6,9-12,19-20H,4,7-8,13-18H2,1-2H3. The van der Waals surface area contributed by atoms with Crippen LogP contribution in [-0.2, 0) is 10.3 Å². The summed E-state index contributed by atoms with van der Waals surface area (Å²) in [5.74, 6) is 1.46. The summed E-state index contributed by atoms with van der Waals surface area (Å²) in [5.41, 5.74) is 1.55. The van der Waals surface area contributed by atoms with Gasteiger partial charge in [-0.2, -0.15) is 0 Å². The Hall–Kier alpha value is -2.53. The van der Waals surface area contributed by atoms with Gasteiger partial charge < -0.3 is 14.2 Å². The van der Waals surface area contributed by atoms with Crippen LogP contribution < -0.4 is 14.2 Å². The Morgan fingerprint density at radius 3 is 2.23 bits per heavy atom. The van der Waals surface area contributed by atoms with Gasteiger partial charge in [-0.1, -0.05) is 49.6 Å². The molecule has 0 spiro atoms. The Morgan fingerprint density at radius 1 is 0.903 bits per heavy atom. The van der Waals surface area contributed by atoms with Gasteiger partial charge in [0.05, 0.1) is 20.1 Å². The van der Waals surface area contributed by atoms with Crippen LogP contribution in [0, 0.1) is 5.92 Å². The van der Waals surface area contributed by atoms with Gasteiger partial charge in [0, 0.05) is 11.6 Å². The number of piperidine rings is 1. The van der Waals surface area contributed by atoms with Gasteiger partial charge in [-0.05, 0) is 56.5 Å².